The second-order valence-electron chi connectivity index (χ2n) is 4.77. The lowest BCUT2D eigenvalue weighted by atomic mass is 10.1. The zero-order valence-corrected chi connectivity index (χ0v) is 10.9. The van der Waals surface area contributed by atoms with E-state index >= 15 is 0 Å². The van der Waals surface area contributed by atoms with Crippen molar-refractivity contribution in [2.45, 2.75) is 13.1 Å². The van der Waals surface area contributed by atoms with Crippen molar-refractivity contribution in [1.82, 2.24) is 4.90 Å². The molecule has 18 heavy (non-hydrogen) atoms. The number of rotatable bonds is 2. The number of hydrogen-bond donors (Lipinski definition) is 0. The lowest BCUT2D eigenvalue weighted by Crippen LogP contribution is -2.52. The van der Waals surface area contributed by atoms with E-state index in [0.717, 1.165) is 32.8 Å². The maximum absolute atomic E-state index is 5.44. The van der Waals surface area contributed by atoms with Gasteiger partial charge in [-0.2, -0.15) is 0 Å². The molecule has 0 spiro atoms. The number of para-hydroxylation sites is 1. The van der Waals surface area contributed by atoms with Crippen LogP contribution >= 0.6 is 0 Å². The molecule has 3 rings (SSSR count). The van der Waals surface area contributed by atoms with E-state index in [9.17, 15) is 0 Å². The molecule has 0 saturated carbocycles. The molecule has 0 amide bonds. The molecule has 2 heterocycles. The summed E-state index contributed by atoms with van der Waals surface area (Å²) in [6.07, 6.45) is 4.95. The van der Waals surface area contributed by atoms with Crippen LogP contribution in [0.4, 0.5) is 5.69 Å². The Kier molecular flexibility index (Phi) is 3.35. The van der Waals surface area contributed by atoms with E-state index in [-0.39, 0.29) is 0 Å². The van der Waals surface area contributed by atoms with Crippen LogP contribution < -0.4 is 4.90 Å². The van der Waals surface area contributed by atoms with Crippen LogP contribution in [0.15, 0.2) is 30.3 Å². The molecule has 3 heteroatoms. The Morgan fingerprint density at radius 1 is 1.22 bits per heavy atom. The lowest BCUT2D eigenvalue weighted by molar-refractivity contribution is 0.0251. The molecule has 0 bridgehead atoms. The normalized spacial score (nSPS) is 24.1. The van der Waals surface area contributed by atoms with Crippen LogP contribution in [0, 0.1) is 0 Å². The Hall–Kier alpha value is -1.32. The quantitative estimate of drug-likeness (QED) is 0.793. The van der Waals surface area contributed by atoms with Crippen LogP contribution in [0.5, 0.6) is 0 Å². The summed E-state index contributed by atoms with van der Waals surface area (Å²) in [5, 5.41) is 0. The average Bonchev–Trinajstić information content (AvgIpc) is 2.47. The predicted molar refractivity (Wildman–Crippen MR) is 74.7 cm³/mol. The van der Waals surface area contributed by atoms with Crippen molar-refractivity contribution in [1.29, 1.82) is 0 Å². The zero-order valence-electron chi connectivity index (χ0n) is 10.9. The van der Waals surface area contributed by atoms with Crippen molar-refractivity contribution in [3.8, 4) is 0 Å². The molecule has 2 aliphatic heterocycles. The fourth-order valence-corrected chi connectivity index (χ4v) is 2.84. The molecule has 1 unspecified atom stereocenters. The molecule has 1 aromatic carbocycles. The Morgan fingerprint density at radius 3 is 2.78 bits per heavy atom. The SMILES string of the molecule is CCN1c2ccccc2C=CC1N1CCOCC1. The largest absolute Gasteiger partial charge is 0.379 e. The maximum atomic E-state index is 5.44. The minimum atomic E-state index is 0.383. The minimum absolute atomic E-state index is 0.383. The minimum Gasteiger partial charge on any atom is -0.379 e. The molecular weight excluding hydrogens is 224 g/mol. The van der Waals surface area contributed by atoms with Crippen LogP contribution in [0.3, 0.4) is 0 Å². The average molecular weight is 244 g/mol. The molecule has 1 aromatic rings. The molecule has 1 atom stereocenters. The van der Waals surface area contributed by atoms with E-state index < -0.39 is 0 Å². The van der Waals surface area contributed by atoms with Gasteiger partial charge in [-0.25, -0.2) is 0 Å². The first-order valence-electron chi connectivity index (χ1n) is 6.76. The fraction of sp³-hybridized carbons (Fsp3) is 0.467. The molecule has 96 valence electrons. The Labute approximate surface area is 109 Å². The number of fused-ring (bicyclic) bond motifs is 1. The van der Waals surface area contributed by atoms with Gasteiger partial charge in [0.25, 0.3) is 0 Å². The van der Waals surface area contributed by atoms with Crippen molar-refractivity contribution in [3.63, 3.8) is 0 Å². The molecule has 1 fully saturated rings. The van der Waals surface area contributed by atoms with Crippen molar-refractivity contribution in [2.75, 3.05) is 37.7 Å². The third kappa shape index (κ3) is 2.04. The van der Waals surface area contributed by atoms with E-state index in [1.165, 1.54) is 11.3 Å². The smallest absolute Gasteiger partial charge is 0.102 e. The number of benzene rings is 1. The number of ether oxygens (including phenoxy) is 1. The van der Waals surface area contributed by atoms with Crippen molar-refractivity contribution in [2.24, 2.45) is 0 Å². The first-order chi connectivity index (χ1) is 8.90. The molecule has 2 aliphatic rings. The topological polar surface area (TPSA) is 15.7 Å². The third-order valence-electron chi connectivity index (χ3n) is 3.77. The summed E-state index contributed by atoms with van der Waals surface area (Å²) in [7, 11) is 0. The van der Waals surface area contributed by atoms with Crippen molar-refractivity contribution >= 4 is 11.8 Å². The van der Waals surface area contributed by atoms with Crippen LogP contribution in [-0.4, -0.2) is 43.9 Å². The number of anilines is 1. The summed E-state index contributed by atoms with van der Waals surface area (Å²) in [6.45, 7) is 7.00. The zero-order chi connectivity index (χ0) is 12.4. The second kappa shape index (κ2) is 5.12. The first kappa shape index (κ1) is 11.8. The lowest BCUT2D eigenvalue weighted by Gasteiger charge is -2.42. The molecule has 0 aromatic heterocycles. The monoisotopic (exact) mass is 244 g/mol. The van der Waals surface area contributed by atoms with Crippen LogP contribution in [-0.2, 0) is 4.74 Å². The molecule has 0 N–H and O–H groups in total. The Morgan fingerprint density at radius 2 is 2.00 bits per heavy atom. The van der Waals surface area contributed by atoms with Gasteiger partial charge in [-0.05, 0) is 24.6 Å². The van der Waals surface area contributed by atoms with Crippen LogP contribution in [0.1, 0.15) is 12.5 Å². The third-order valence-corrected chi connectivity index (χ3v) is 3.77. The predicted octanol–water partition coefficient (Wildman–Crippen LogP) is 2.20. The van der Waals surface area contributed by atoms with E-state index in [0.29, 0.717) is 6.17 Å². The van der Waals surface area contributed by atoms with Gasteiger partial charge in [0.05, 0.1) is 13.2 Å². The molecule has 0 aliphatic carbocycles. The van der Waals surface area contributed by atoms with E-state index in [1.807, 2.05) is 0 Å². The van der Waals surface area contributed by atoms with Gasteiger partial charge in [0.15, 0.2) is 0 Å². The van der Waals surface area contributed by atoms with Gasteiger partial charge in [0.1, 0.15) is 6.17 Å². The summed E-state index contributed by atoms with van der Waals surface area (Å²) < 4.78 is 5.44. The summed E-state index contributed by atoms with van der Waals surface area (Å²) in [6, 6.07) is 8.63. The Bertz CT molecular complexity index is 438. The highest BCUT2D eigenvalue weighted by Gasteiger charge is 2.27. The molecular formula is C15H20N2O. The second-order valence-corrected chi connectivity index (χ2v) is 4.77. The van der Waals surface area contributed by atoms with Gasteiger partial charge in [-0.15, -0.1) is 0 Å². The highest BCUT2D eigenvalue weighted by Crippen LogP contribution is 2.30. The standard InChI is InChI=1S/C15H20N2O/c1-2-17-14-6-4-3-5-13(14)7-8-15(17)16-9-11-18-12-10-16/h3-8,15H,2,9-12H2,1H3. The summed E-state index contributed by atoms with van der Waals surface area (Å²) >= 11 is 0. The van der Waals surface area contributed by atoms with Gasteiger partial charge in [0, 0.05) is 25.3 Å². The van der Waals surface area contributed by atoms with Gasteiger partial charge in [0.2, 0.25) is 0 Å². The summed E-state index contributed by atoms with van der Waals surface area (Å²) in [4.78, 5) is 4.97. The van der Waals surface area contributed by atoms with Crippen LogP contribution in [0.25, 0.3) is 6.08 Å². The van der Waals surface area contributed by atoms with E-state index in [4.69, 9.17) is 4.74 Å². The Balaban J connectivity index is 1.89. The van der Waals surface area contributed by atoms with E-state index in [2.05, 4.69) is 53.1 Å². The van der Waals surface area contributed by atoms with Gasteiger partial charge >= 0.3 is 0 Å². The molecule has 3 nitrogen and oxygen atoms in total. The number of hydrogen-bond acceptors (Lipinski definition) is 3. The van der Waals surface area contributed by atoms with Gasteiger partial charge < -0.3 is 9.64 Å². The summed E-state index contributed by atoms with van der Waals surface area (Å²) in [5.74, 6) is 0. The van der Waals surface area contributed by atoms with E-state index in [1.54, 1.807) is 0 Å². The highest BCUT2D eigenvalue weighted by atomic mass is 16.5. The highest BCUT2D eigenvalue weighted by molar-refractivity contribution is 5.72. The maximum Gasteiger partial charge on any atom is 0.102 e. The number of nitrogens with zero attached hydrogens (tertiary/aromatic N) is 2. The van der Waals surface area contributed by atoms with Crippen molar-refractivity contribution in [3.05, 3.63) is 35.9 Å². The summed E-state index contributed by atoms with van der Waals surface area (Å²) in [5.41, 5.74) is 2.67. The fourth-order valence-electron chi connectivity index (χ4n) is 2.84. The van der Waals surface area contributed by atoms with Gasteiger partial charge in [-0.1, -0.05) is 24.3 Å². The van der Waals surface area contributed by atoms with Crippen molar-refractivity contribution < 1.29 is 4.74 Å². The molecule has 0 radical (unpaired) electrons. The van der Waals surface area contributed by atoms with Gasteiger partial charge in [-0.3, -0.25) is 4.90 Å². The molecule has 1 saturated heterocycles. The number of morpholine rings is 1. The van der Waals surface area contributed by atoms with Crippen LogP contribution in [0.2, 0.25) is 0 Å². The number of likely N-dealkylation sites (N-methyl/N-ethyl adjacent to an activating group) is 1. The first-order valence-corrected chi connectivity index (χ1v) is 6.76.